The number of hydrogen-bond donors (Lipinski definition) is 1. The molecule has 0 saturated heterocycles. The molecule has 0 amide bonds. The fraction of sp³-hybridized carbons (Fsp3) is 0.154. The predicted octanol–water partition coefficient (Wildman–Crippen LogP) is 3.01. The minimum absolute atomic E-state index is 0.0253. The van der Waals surface area contributed by atoms with Crippen LogP contribution in [-0.4, -0.2) is 15.8 Å². The minimum atomic E-state index is 0.0253. The average Bonchev–Trinajstić information content (AvgIpc) is 2.39. The second kappa shape index (κ2) is 4.30. The van der Waals surface area contributed by atoms with Gasteiger partial charge in [-0.1, -0.05) is 23.9 Å². The van der Waals surface area contributed by atoms with Crippen LogP contribution in [0.1, 0.15) is 11.7 Å². The molecule has 1 aliphatic rings. The summed E-state index contributed by atoms with van der Waals surface area (Å²) in [6.07, 6.45) is 1.80. The van der Waals surface area contributed by atoms with E-state index in [0.717, 1.165) is 22.1 Å². The van der Waals surface area contributed by atoms with Gasteiger partial charge in [0.2, 0.25) is 0 Å². The zero-order valence-electron chi connectivity index (χ0n) is 9.04. The number of rotatable bonds is 1. The molecule has 86 valence electrons. The molecule has 1 aliphatic heterocycles. The first-order valence-electron chi connectivity index (χ1n) is 5.36. The van der Waals surface area contributed by atoms with Crippen molar-refractivity contribution < 1.29 is 9.84 Å². The summed E-state index contributed by atoms with van der Waals surface area (Å²) in [6, 6.07) is 11.0. The van der Waals surface area contributed by atoms with Crippen LogP contribution in [0, 0.1) is 0 Å². The Balaban J connectivity index is 1.86. The fourth-order valence-corrected chi connectivity index (χ4v) is 2.73. The van der Waals surface area contributed by atoms with E-state index in [1.54, 1.807) is 30.1 Å². The lowest BCUT2D eigenvalue weighted by Crippen LogP contribution is -2.15. The summed E-state index contributed by atoms with van der Waals surface area (Å²) in [5.74, 6) is 1.95. The van der Waals surface area contributed by atoms with Gasteiger partial charge in [-0.25, -0.2) is 4.98 Å². The van der Waals surface area contributed by atoms with E-state index < -0.39 is 0 Å². The number of hydrogen-bond acceptors (Lipinski definition) is 4. The third-order valence-corrected chi connectivity index (χ3v) is 3.69. The van der Waals surface area contributed by atoms with Crippen molar-refractivity contribution in [2.24, 2.45) is 0 Å². The van der Waals surface area contributed by atoms with Gasteiger partial charge in [-0.2, -0.15) is 0 Å². The SMILES string of the molecule is Oc1ccc([C@@H]2CSc3ncccc3O2)cc1. The molecule has 3 nitrogen and oxygen atoms in total. The number of benzene rings is 1. The van der Waals surface area contributed by atoms with Crippen molar-refractivity contribution in [3.8, 4) is 11.5 Å². The lowest BCUT2D eigenvalue weighted by Gasteiger charge is -2.24. The first-order chi connectivity index (χ1) is 8.33. The quantitative estimate of drug-likeness (QED) is 0.838. The molecule has 1 aromatic heterocycles. The number of aromatic nitrogens is 1. The summed E-state index contributed by atoms with van der Waals surface area (Å²) < 4.78 is 5.89. The maximum absolute atomic E-state index is 9.26. The number of pyridine rings is 1. The summed E-state index contributed by atoms with van der Waals surface area (Å²) in [5.41, 5.74) is 1.07. The molecular formula is C13H11NO2S. The molecule has 0 aliphatic carbocycles. The molecule has 1 N–H and O–H groups in total. The van der Waals surface area contributed by atoms with Crippen molar-refractivity contribution in [2.45, 2.75) is 11.1 Å². The number of aromatic hydroxyl groups is 1. The van der Waals surface area contributed by atoms with Gasteiger partial charge in [0.15, 0.2) is 5.75 Å². The molecule has 1 aromatic carbocycles. The summed E-state index contributed by atoms with van der Waals surface area (Å²) in [5, 5.41) is 10.2. The van der Waals surface area contributed by atoms with E-state index in [9.17, 15) is 5.11 Å². The molecule has 2 heterocycles. The second-order valence-electron chi connectivity index (χ2n) is 3.82. The molecular weight excluding hydrogens is 234 g/mol. The molecule has 17 heavy (non-hydrogen) atoms. The van der Waals surface area contributed by atoms with Crippen LogP contribution < -0.4 is 4.74 Å². The molecule has 0 bridgehead atoms. The van der Waals surface area contributed by atoms with Gasteiger partial charge in [0.25, 0.3) is 0 Å². The maximum atomic E-state index is 9.26. The highest BCUT2D eigenvalue weighted by atomic mass is 32.2. The van der Waals surface area contributed by atoms with Crippen LogP contribution in [0.4, 0.5) is 0 Å². The number of nitrogens with zero attached hydrogens (tertiary/aromatic N) is 1. The van der Waals surface area contributed by atoms with Gasteiger partial charge < -0.3 is 9.84 Å². The molecule has 1 atom stereocenters. The van der Waals surface area contributed by atoms with Crippen molar-refractivity contribution in [1.82, 2.24) is 4.98 Å². The van der Waals surface area contributed by atoms with Gasteiger partial charge >= 0.3 is 0 Å². The van der Waals surface area contributed by atoms with E-state index in [1.807, 2.05) is 24.3 Å². The molecule has 0 fully saturated rings. The molecule has 4 heteroatoms. The molecule has 0 saturated carbocycles. The molecule has 0 unspecified atom stereocenters. The zero-order valence-corrected chi connectivity index (χ0v) is 9.85. The van der Waals surface area contributed by atoms with Crippen LogP contribution >= 0.6 is 11.8 Å². The summed E-state index contributed by atoms with van der Waals surface area (Å²) in [6.45, 7) is 0. The minimum Gasteiger partial charge on any atom is -0.508 e. The smallest absolute Gasteiger partial charge is 0.152 e. The first kappa shape index (κ1) is 10.5. The lowest BCUT2D eigenvalue weighted by molar-refractivity contribution is 0.218. The van der Waals surface area contributed by atoms with Gasteiger partial charge in [0.05, 0.1) is 0 Å². The third kappa shape index (κ3) is 2.08. The van der Waals surface area contributed by atoms with E-state index in [1.165, 1.54) is 0 Å². The van der Waals surface area contributed by atoms with Gasteiger partial charge in [0.1, 0.15) is 16.9 Å². The van der Waals surface area contributed by atoms with Crippen LogP contribution in [0.15, 0.2) is 47.6 Å². The van der Waals surface area contributed by atoms with E-state index >= 15 is 0 Å². The summed E-state index contributed by atoms with van der Waals surface area (Å²) in [4.78, 5) is 4.26. The Hall–Kier alpha value is -1.68. The van der Waals surface area contributed by atoms with E-state index in [4.69, 9.17) is 4.74 Å². The topological polar surface area (TPSA) is 42.4 Å². The largest absolute Gasteiger partial charge is 0.508 e. The monoisotopic (exact) mass is 245 g/mol. The van der Waals surface area contributed by atoms with E-state index in [0.29, 0.717) is 0 Å². The lowest BCUT2D eigenvalue weighted by atomic mass is 10.1. The number of phenols is 1. The fourth-order valence-electron chi connectivity index (χ4n) is 1.77. The van der Waals surface area contributed by atoms with E-state index in [-0.39, 0.29) is 11.9 Å². The second-order valence-corrected chi connectivity index (χ2v) is 4.82. The number of fused-ring (bicyclic) bond motifs is 1. The number of ether oxygens (including phenoxy) is 1. The molecule has 3 rings (SSSR count). The van der Waals surface area contributed by atoms with Gasteiger partial charge in [-0.05, 0) is 29.8 Å². The Labute approximate surface area is 103 Å². The first-order valence-corrected chi connectivity index (χ1v) is 6.35. The maximum Gasteiger partial charge on any atom is 0.152 e. The Morgan fingerprint density at radius 2 is 2.06 bits per heavy atom. The van der Waals surface area contributed by atoms with Crippen LogP contribution in [0.5, 0.6) is 11.5 Å². The van der Waals surface area contributed by atoms with Crippen LogP contribution in [0.2, 0.25) is 0 Å². The Morgan fingerprint density at radius 1 is 1.24 bits per heavy atom. The number of phenolic OH excluding ortho intramolecular Hbond substituents is 1. The van der Waals surface area contributed by atoms with Gasteiger partial charge in [-0.3, -0.25) is 0 Å². The molecule has 2 aromatic rings. The highest BCUT2D eigenvalue weighted by Gasteiger charge is 2.22. The summed E-state index contributed by atoms with van der Waals surface area (Å²) >= 11 is 1.70. The van der Waals surface area contributed by atoms with Gasteiger partial charge in [-0.15, -0.1) is 0 Å². The molecule has 0 spiro atoms. The Morgan fingerprint density at radius 3 is 2.88 bits per heavy atom. The van der Waals surface area contributed by atoms with E-state index in [2.05, 4.69) is 4.98 Å². The van der Waals surface area contributed by atoms with Crippen LogP contribution in [-0.2, 0) is 0 Å². The molecule has 0 radical (unpaired) electrons. The number of thioether (sulfide) groups is 1. The third-order valence-electron chi connectivity index (χ3n) is 2.64. The van der Waals surface area contributed by atoms with Crippen molar-refractivity contribution in [2.75, 3.05) is 5.75 Å². The average molecular weight is 245 g/mol. The van der Waals surface area contributed by atoms with Crippen molar-refractivity contribution in [1.29, 1.82) is 0 Å². The van der Waals surface area contributed by atoms with Crippen molar-refractivity contribution >= 4 is 11.8 Å². The zero-order chi connectivity index (χ0) is 11.7. The summed E-state index contributed by atoms with van der Waals surface area (Å²) in [7, 11) is 0. The standard InChI is InChI=1S/C13H11NO2S/c15-10-5-3-9(4-6-10)12-8-17-13-11(16-12)2-1-7-14-13/h1-7,12,15H,8H2/t12-/m0/s1. The van der Waals surface area contributed by atoms with Crippen LogP contribution in [0.3, 0.4) is 0 Å². The van der Waals surface area contributed by atoms with Crippen LogP contribution in [0.25, 0.3) is 0 Å². The van der Waals surface area contributed by atoms with Gasteiger partial charge in [0, 0.05) is 11.9 Å². The highest BCUT2D eigenvalue weighted by molar-refractivity contribution is 7.99. The normalized spacial score (nSPS) is 18.2. The van der Waals surface area contributed by atoms with Crippen molar-refractivity contribution in [3.05, 3.63) is 48.2 Å². The highest BCUT2D eigenvalue weighted by Crippen LogP contribution is 2.38. The predicted molar refractivity (Wildman–Crippen MR) is 66.4 cm³/mol. The van der Waals surface area contributed by atoms with Crippen molar-refractivity contribution in [3.63, 3.8) is 0 Å². The Bertz CT molecular complexity index is 527. The Kier molecular flexibility index (Phi) is 2.65.